The lowest BCUT2D eigenvalue weighted by Gasteiger charge is -2.05. The molecule has 2 aromatic rings. The van der Waals surface area contributed by atoms with Crippen molar-refractivity contribution in [3.05, 3.63) is 46.7 Å². The maximum Gasteiger partial charge on any atom is 0.184 e. The van der Waals surface area contributed by atoms with Crippen LogP contribution in [0.4, 0.5) is 0 Å². The van der Waals surface area contributed by atoms with Crippen LogP contribution in [0, 0.1) is 6.92 Å². The highest BCUT2D eigenvalue weighted by Gasteiger charge is 2.10. The molecule has 0 fully saturated rings. The van der Waals surface area contributed by atoms with Gasteiger partial charge in [-0.05, 0) is 31.2 Å². The zero-order valence-electron chi connectivity index (χ0n) is 10.2. The molecule has 0 aliphatic heterocycles. The zero-order valence-corrected chi connectivity index (χ0v) is 10.9. The number of aromatic nitrogens is 2. The Morgan fingerprint density at radius 2 is 2.06 bits per heavy atom. The summed E-state index contributed by atoms with van der Waals surface area (Å²) >= 11 is 5.89. The highest BCUT2D eigenvalue weighted by atomic mass is 35.5. The number of methoxy groups -OCH3 is 1. The molecule has 0 radical (unpaired) electrons. The third kappa shape index (κ3) is 2.54. The summed E-state index contributed by atoms with van der Waals surface area (Å²) in [5.74, 6) is 0.713. The van der Waals surface area contributed by atoms with Crippen molar-refractivity contribution in [2.75, 3.05) is 7.11 Å². The zero-order chi connectivity index (χ0) is 13.1. The van der Waals surface area contributed by atoms with Crippen LogP contribution in [0.25, 0.3) is 0 Å². The van der Waals surface area contributed by atoms with Crippen molar-refractivity contribution < 1.29 is 9.53 Å². The molecule has 0 saturated heterocycles. The molecular weight excluding hydrogens is 252 g/mol. The molecule has 1 aromatic carbocycles. The minimum Gasteiger partial charge on any atom is -0.497 e. The third-order valence-corrected chi connectivity index (χ3v) is 3.12. The number of benzene rings is 1. The summed E-state index contributed by atoms with van der Waals surface area (Å²) in [6, 6.07) is 7.00. The monoisotopic (exact) mass is 264 g/mol. The number of carbonyl (C=O) groups excluding carboxylic acids is 1. The van der Waals surface area contributed by atoms with E-state index in [4.69, 9.17) is 16.3 Å². The fourth-order valence-corrected chi connectivity index (χ4v) is 1.73. The van der Waals surface area contributed by atoms with Gasteiger partial charge in [0.25, 0.3) is 0 Å². The highest BCUT2D eigenvalue weighted by molar-refractivity contribution is 6.31. The topological polar surface area (TPSA) is 44.1 Å². The third-order valence-electron chi connectivity index (χ3n) is 2.75. The predicted molar refractivity (Wildman–Crippen MR) is 69.3 cm³/mol. The smallest absolute Gasteiger partial charge is 0.184 e. The first-order valence-corrected chi connectivity index (χ1v) is 5.85. The molecule has 0 atom stereocenters. The fourth-order valence-electron chi connectivity index (χ4n) is 1.59. The molecule has 1 heterocycles. The maximum atomic E-state index is 12.0. The molecule has 0 saturated carbocycles. The van der Waals surface area contributed by atoms with Crippen molar-refractivity contribution in [1.29, 1.82) is 0 Å². The Bertz CT molecular complexity index is 561. The van der Waals surface area contributed by atoms with Crippen LogP contribution in [0.5, 0.6) is 5.75 Å². The molecule has 94 valence electrons. The van der Waals surface area contributed by atoms with Gasteiger partial charge in [0.1, 0.15) is 12.3 Å². The lowest BCUT2D eigenvalue weighted by atomic mass is 10.1. The number of hydrogen-bond donors (Lipinski definition) is 0. The van der Waals surface area contributed by atoms with Crippen LogP contribution < -0.4 is 4.74 Å². The second-order valence-corrected chi connectivity index (χ2v) is 4.29. The molecule has 5 heteroatoms. The normalized spacial score (nSPS) is 10.4. The minimum atomic E-state index is -0.0134. The molecule has 2 rings (SSSR count). The van der Waals surface area contributed by atoms with Crippen molar-refractivity contribution in [1.82, 2.24) is 9.78 Å². The van der Waals surface area contributed by atoms with Gasteiger partial charge in [0.2, 0.25) is 0 Å². The summed E-state index contributed by atoms with van der Waals surface area (Å²) in [7, 11) is 1.59. The number of hydrogen-bond acceptors (Lipinski definition) is 3. The Morgan fingerprint density at radius 1 is 1.39 bits per heavy atom. The first kappa shape index (κ1) is 12.6. The number of ether oxygens (including phenoxy) is 1. The van der Waals surface area contributed by atoms with Crippen LogP contribution in [-0.4, -0.2) is 22.7 Å². The van der Waals surface area contributed by atoms with Gasteiger partial charge >= 0.3 is 0 Å². The van der Waals surface area contributed by atoms with Crippen molar-refractivity contribution in [2.24, 2.45) is 0 Å². The van der Waals surface area contributed by atoms with E-state index in [2.05, 4.69) is 5.10 Å². The number of carbonyl (C=O) groups is 1. The van der Waals surface area contributed by atoms with Crippen LogP contribution in [0.3, 0.4) is 0 Å². The minimum absolute atomic E-state index is 0.0134. The Labute approximate surface area is 110 Å². The summed E-state index contributed by atoms with van der Waals surface area (Å²) in [6.45, 7) is 2.02. The molecule has 0 spiro atoms. The summed E-state index contributed by atoms with van der Waals surface area (Å²) in [5, 5.41) is 4.62. The molecule has 18 heavy (non-hydrogen) atoms. The Hall–Kier alpha value is -1.81. The molecule has 0 amide bonds. The Morgan fingerprint density at radius 3 is 2.56 bits per heavy atom. The van der Waals surface area contributed by atoms with E-state index < -0.39 is 0 Å². The highest BCUT2D eigenvalue weighted by Crippen LogP contribution is 2.15. The first-order chi connectivity index (χ1) is 8.61. The summed E-state index contributed by atoms with van der Waals surface area (Å²) in [4.78, 5) is 12.0. The quantitative estimate of drug-likeness (QED) is 0.798. The Balaban J connectivity index is 2.14. The number of halogens is 1. The van der Waals surface area contributed by atoms with Crippen LogP contribution in [0.2, 0.25) is 5.02 Å². The van der Waals surface area contributed by atoms with E-state index >= 15 is 0 Å². The van der Waals surface area contributed by atoms with E-state index in [1.165, 1.54) is 6.20 Å². The summed E-state index contributed by atoms with van der Waals surface area (Å²) in [6.07, 6.45) is 1.54. The standard InChI is InChI=1S/C13H13ClN2O2/c1-9-12(14)7-15-16(9)8-13(17)10-3-5-11(18-2)6-4-10/h3-7H,8H2,1-2H3. The molecule has 4 nitrogen and oxygen atoms in total. The lowest BCUT2D eigenvalue weighted by molar-refractivity contribution is 0.0967. The molecule has 0 unspecified atom stereocenters. The van der Waals surface area contributed by atoms with Crippen molar-refractivity contribution in [2.45, 2.75) is 13.5 Å². The molecule has 0 bridgehead atoms. The van der Waals surface area contributed by atoms with Gasteiger partial charge in [-0.1, -0.05) is 11.6 Å². The van der Waals surface area contributed by atoms with Crippen molar-refractivity contribution in [3.8, 4) is 5.75 Å². The van der Waals surface area contributed by atoms with Crippen LogP contribution in [0.1, 0.15) is 16.1 Å². The first-order valence-electron chi connectivity index (χ1n) is 5.47. The molecule has 0 N–H and O–H groups in total. The van der Waals surface area contributed by atoms with E-state index in [1.54, 1.807) is 36.1 Å². The number of nitrogens with zero attached hydrogens (tertiary/aromatic N) is 2. The lowest BCUT2D eigenvalue weighted by Crippen LogP contribution is -2.12. The van der Waals surface area contributed by atoms with E-state index in [0.29, 0.717) is 10.6 Å². The molecule has 0 aliphatic rings. The van der Waals surface area contributed by atoms with Gasteiger partial charge < -0.3 is 4.74 Å². The molecule has 1 aromatic heterocycles. The van der Waals surface area contributed by atoms with Gasteiger partial charge in [-0.3, -0.25) is 9.48 Å². The average Bonchev–Trinajstić information content (AvgIpc) is 2.71. The maximum absolute atomic E-state index is 12.0. The van der Waals surface area contributed by atoms with Gasteiger partial charge in [0.05, 0.1) is 24.0 Å². The number of ketones is 1. The number of Topliss-reactive ketones (excluding diaryl/α,β-unsaturated/α-hetero) is 1. The van der Waals surface area contributed by atoms with Gasteiger partial charge in [0, 0.05) is 5.56 Å². The molecular formula is C13H13ClN2O2. The van der Waals surface area contributed by atoms with E-state index in [-0.39, 0.29) is 12.3 Å². The van der Waals surface area contributed by atoms with Gasteiger partial charge in [-0.25, -0.2) is 0 Å². The van der Waals surface area contributed by atoms with Crippen LogP contribution in [-0.2, 0) is 6.54 Å². The van der Waals surface area contributed by atoms with Crippen molar-refractivity contribution >= 4 is 17.4 Å². The fraction of sp³-hybridized carbons (Fsp3) is 0.231. The largest absolute Gasteiger partial charge is 0.497 e. The number of rotatable bonds is 4. The van der Waals surface area contributed by atoms with Gasteiger partial charge in [0.15, 0.2) is 5.78 Å². The molecule has 0 aliphatic carbocycles. The van der Waals surface area contributed by atoms with Crippen LogP contribution >= 0.6 is 11.6 Å². The SMILES string of the molecule is COc1ccc(C(=O)Cn2ncc(Cl)c2C)cc1. The summed E-state index contributed by atoms with van der Waals surface area (Å²) < 4.78 is 6.64. The second kappa shape index (κ2) is 5.23. The van der Waals surface area contributed by atoms with Gasteiger partial charge in [-0.2, -0.15) is 5.10 Å². The van der Waals surface area contributed by atoms with Gasteiger partial charge in [-0.15, -0.1) is 0 Å². The van der Waals surface area contributed by atoms with E-state index in [9.17, 15) is 4.79 Å². The Kier molecular flexibility index (Phi) is 3.67. The average molecular weight is 265 g/mol. The van der Waals surface area contributed by atoms with E-state index in [0.717, 1.165) is 11.4 Å². The predicted octanol–water partition coefficient (Wildman–Crippen LogP) is 2.74. The summed E-state index contributed by atoms with van der Waals surface area (Å²) in [5.41, 5.74) is 1.42. The van der Waals surface area contributed by atoms with E-state index in [1.807, 2.05) is 6.92 Å². The second-order valence-electron chi connectivity index (χ2n) is 3.89. The van der Waals surface area contributed by atoms with Crippen LogP contribution in [0.15, 0.2) is 30.5 Å². The van der Waals surface area contributed by atoms with Crippen molar-refractivity contribution in [3.63, 3.8) is 0 Å².